The number of hydrogen-bond acceptors (Lipinski definition) is 4. The third kappa shape index (κ3) is 3.37. The van der Waals surface area contributed by atoms with Crippen LogP contribution in [0, 0.1) is 0 Å². The molecule has 1 fully saturated rings. The summed E-state index contributed by atoms with van der Waals surface area (Å²) in [6.45, 7) is 3.91. The van der Waals surface area contributed by atoms with Crippen LogP contribution in [0.4, 0.5) is 5.69 Å². The molecule has 1 saturated heterocycles. The summed E-state index contributed by atoms with van der Waals surface area (Å²) in [4.78, 5) is 14.3. The first-order valence-corrected chi connectivity index (χ1v) is 6.66. The molecule has 0 bridgehead atoms. The largest absolute Gasteiger partial charge is 0.377 e. The molecule has 1 aromatic carbocycles. The van der Waals surface area contributed by atoms with Crippen molar-refractivity contribution in [3.8, 4) is 0 Å². The fourth-order valence-corrected chi connectivity index (χ4v) is 2.34. The average Bonchev–Trinajstić information content (AvgIpc) is 2.62. The smallest absolute Gasteiger partial charge is 0.256 e. The highest BCUT2D eigenvalue weighted by molar-refractivity contribution is 6.31. The maximum absolute atomic E-state index is 12.5. The minimum atomic E-state index is -0.0761. The van der Waals surface area contributed by atoms with Crippen molar-refractivity contribution < 1.29 is 9.53 Å². The minimum absolute atomic E-state index is 0.0416. The van der Waals surface area contributed by atoms with E-state index in [1.807, 2.05) is 6.92 Å². The first-order valence-electron chi connectivity index (χ1n) is 6.29. The van der Waals surface area contributed by atoms with Gasteiger partial charge >= 0.3 is 0 Å². The predicted octanol–water partition coefficient (Wildman–Crippen LogP) is 1.88. The van der Waals surface area contributed by atoms with Crippen LogP contribution in [0.3, 0.4) is 0 Å². The second kappa shape index (κ2) is 6.23. The Morgan fingerprint density at radius 3 is 3.11 bits per heavy atom. The number of nitrogens with two attached hydrogens (primary N) is 1. The number of amides is 1. The number of rotatable bonds is 2. The molecule has 1 unspecified atom stereocenters. The number of halogens is 1. The molecule has 3 N–H and O–H groups in total. The molecule has 0 saturated carbocycles. The van der Waals surface area contributed by atoms with Crippen LogP contribution in [-0.2, 0) is 4.74 Å². The summed E-state index contributed by atoms with van der Waals surface area (Å²) in [5, 5.41) is 0.515. The van der Waals surface area contributed by atoms with E-state index in [0.29, 0.717) is 36.0 Å². The van der Waals surface area contributed by atoms with Crippen molar-refractivity contribution in [1.29, 1.82) is 0 Å². The van der Waals surface area contributed by atoms with E-state index < -0.39 is 0 Å². The van der Waals surface area contributed by atoms with Crippen LogP contribution in [0.5, 0.6) is 0 Å². The fraction of sp³-hybridized carbons (Fsp3) is 0.462. The van der Waals surface area contributed by atoms with Crippen LogP contribution < -0.4 is 11.3 Å². The van der Waals surface area contributed by atoms with E-state index in [9.17, 15) is 4.79 Å². The second-order valence-electron chi connectivity index (χ2n) is 4.62. The van der Waals surface area contributed by atoms with Gasteiger partial charge in [-0.25, -0.2) is 0 Å². The molecule has 1 amide bonds. The van der Waals surface area contributed by atoms with Gasteiger partial charge in [0.25, 0.3) is 5.91 Å². The van der Waals surface area contributed by atoms with Gasteiger partial charge in [0.15, 0.2) is 0 Å². The van der Waals surface area contributed by atoms with Crippen molar-refractivity contribution in [1.82, 2.24) is 4.90 Å². The van der Waals surface area contributed by atoms with E-state index in [0.717, 1.165) is 6.42 Å². The molecule has 6 heteroatoms. The Bertz CT molecular complexity index is 467. The van der Waals surface area contributed by atoms with Crippen molar-refractivity contribution in [3.05, 3.63) is 28.8 Å². The number of benzene rings is 1. The molecule has 1 heterocycles. The van der Waals surface area contributed by atoms with E-state index >= 15 is 0 Å². The highest BCUT2D eigenvalue weighted by atomic mass is 35.5. The minimum Gasteiger partial charge on any atom is -0.377 e. The van der Waals surface area contributed by atoms with Gasteiger partial charge in [0.05, 0.1) is 17.4 Å². The molecule has 1 aliphatic heterocycles. The molecule has 0 radical (unpaired) electrons. The van der Waals surface area contributed by atoms with Gasteiger partial charge in [-0.15, -0.1) is 0 Å². The number of carbonyl (C=O) groups is 1. The Morgan fingerprint density at radius 2 is 2.37 bits per heavy atom. The molecule has 1 atom stereocenters. The maximum Gasteiger partial charge on any atom is 0.256 e. The van der Waals surface area contributed by atoms with Crippen LogP contribution in [0.2, 0.25) is 5.02 Å². The Hall–Kier alpha value is -1.30. The lowest BCUT2D eigenvalue weighted by Crippen LogP contribution is -2.36. The molecule has 5 nitrogen and oxygen atoms in total. The van der Waals surface area contributed by atoms with Gasteiger partial charge in [0.1, 0.15) is 0 Å². The average molecular weight is 284 g/mol. The fourth-order valence-electron chi connectivity index (χ4n) is 2.17. The van der Waals surface area contributed by atoms with Gasteiger partial charge in [-0.3, -0.25) is 10.6 Å². The monoisotopic (exact) mass is 283 g/mol. The van der Waals surface area contributed by atoms with E-state index in [-0.39, 0.29) is 12.0 Å². The SMILES string of the molecule is CC1CN(C(=O)c2cc(Cl)ccc2NN)CCCO1. The van der Waals surface area contributed by atoms with Crippen LogP contribution in [-0.4, -0.2) is 36.6 Å². The Balaban J connectivity index is 2.24. The zero-order chi connectivity index (χ0) is 13.8. The zero-order valence-corrected chi connectivity index (χ0v) is 11.6. The lowest BCUT2D eigenvalue weighted by atomic mass is 10.1. The van der Waals surface area contributed by atoms with Gasteiger partial charge in [-0.05, 0) is 31.5 Å². The number of nitrogens with zero attached hydrogens (tertiary/aromatic N) is 1. The van der Waals surface area contributed by atoms with Crippen molar-refractivity contribution >= 4 is 23.2 Å². The first kappa shape index (κ1) is 14.1. The third-order valence-corrected chi connectivity index (χ3v) is 3.34. The number of ether oxygens (including phenoxy) is 1. The molecular formula is C13H18ClN3O2. The summed E-state index contributed by atoms with van der Waals surface area (Å²) in [5.74, 6) is 5.36. The van der Waals surface area contributed by atoms with Crippen molar-refractivity contribution in [3.63, 3.8) is 0 Å². The van der Waals surface area contributed by atoms with Crippen LogP contribution in [0.15, 0.2) is 18.2 Å². The molecule has 19 heavy (non-hydrogen) atoms. The Labute approximate surface area is 117 Å². The van der Waals surface area contributed by atoms with E-state index in [2.05, 4.69) is 5.43 Å². The van der Waals surface area contributed by atoms with E-state index in [4.69, 9.17) is 22.2 Å². The molecule has 1 aromatic rings. The summed E-state index contributed by atoms with van der Waals surface area (Å²) in [5.41, 5.74) is 3.60. The molecule has 104 valence electrons. The van der Waals surface area contributed by atoms with Gasteiger partial charge < -0.3 is 15.1 Å². The summed E-state index contributed by atoms with van der Waals surface area (Å²) in [6.07, 6.45) is 0.877. The van der Waals surface area contributed by atoms with Crippen LogP contribution in [0.25, 0.3) is 0 Å². The standard InChI is InChI=1S/C13H18ClN3O2/c1-9-8-17(5-2-6-19-9)13(18)11-7-10(14)3-4-12(11)16-15/h3-4,7,9,16H,2,5-6,8,15H2,1H3. The number of hydrazine groups is 1. The normalized spacial score (nSPS) is 19.9. The topological polar surface area (TPSA) is 67.6 Å². The van der Waals surface area contributed by atoms with Gasteiger partial charge in [0, 0.05) is 24.7 Å². The number of nitrogen functional groups attached to an aromatic ring is 1. The number of anilines is 1. The summed E-state index contributed by atoms with van der Waals surface area (Å²) >= 11 is 5.95. The van der Waals surface area contributed by atoms with Gasteiger partial charge in [-0.1, -0.05) is 11.6 Å². The van der Waals surface area contributed by atoms with Gasteiger partial charge in [-0.2, -0.15) is 0 Å². The molecule has 2 rings (SSSR count). The summed E-state index contributed by atoms with van der Waals surface area (Å²) in [7, 11) is 0. The quantitative estimate of drug-likeness (QED) is 0.642. The van der Waals surface area contributed by atoms with Crippen LogP contribution in [0.1, 0.15) is 23.7 Å². The van der Waals surface area contributed by atoms with Crippen molar-refractivity contribution in [2.45, 2.75) is 19.4 Å². The predicted molar refractivity (Wildman–Crippen MR) is 75.2 cm³/mol. The highest BCUT2D eigenvalue weighted by Crippen LogP contribution is 2.22. The zero-order valence-electron chi connectivity index (χ0n) is 10.9. The molecule has 0 aliphatic carbocycles. The molecule has 0 spiro atoms. The Morgan fingerprint density at radius 1 is 1.58 bits per heavy atom. The first-order chi connectivity index (χ1) is 9.11. The Kier molecular flexibility index (Phi) is 4.63. The second-order valence-corrected chi connectivity index (χ2v) is 5.06. The van der Waals surface area contributed by atoms with E-state index in [1.165, 1.54) is 0 Å². The third-order valence-electron chi connectivity index (χ3n) is 3.11. The summed E-state index contributed by atoms with van der Waals surface area (Å²) < 4.78 is 5.54. The number of nitrogens with one attached hydrogen (secondary N) is 1. The van der Waals surface area contributed by atoms with E-state index in [1.54, 1.807) is 23.1 Å². The van der Waals surface area contributed by atoms with Crippen LogP contribution >= 0.6 is 11.6 Å². The maximum atomic E-state index is 12.5. The number of carbonyl (C=O) groups excluding carboxylic acids is 1. The molecular weight excluding hydrogens is 266 g/mol. The van der Waals surface area contributed by atoms with Crippen molar-refractivity contribution in [2.75, 3.05) is 25.1 Å². The number of hydrogen-bond donors (Lipinski definition) is 2. The lowest BCUT2D eigenvalue weighted by molar-refractivity contribution is 0.0563. The van der Waals surface area contributed by atoms with Gasteiger partial charge in [0.2, 0.25) is 0 Å². The van der Waals surface area contributed by atoms with Crippen molar-refractivity contribution in [2.24, 2.45) is 5.84 Å². The summed E-state index contributed by atoms with van der Waals surface area (Å²) in [6, 6.07) is 5.03. The molecule has 0 aromatic heterocycles. The molecule has 1 aliphatic rings. The highest BCUT2D eigenvalue weighted by Gasteiger charge is 2.23. The lowest BCUT2D eigenvalue weighted by Gasteiger charge is -2.23.